The minimum Gasteiger partial charge on any atom is -0.352 e. The number of ketones is 3. The van der Waals surface area contributed by atoms with E-state index >= 15 is 0 Å². The quantitative estimate of drug-likeness (QED) is 0.212. The first kappa shape index (κ1) is 23.8. The Hall–Kier alpha value is -4.28. The van der Waals surface area contributed by atoms with Crippen LogP contribution in [-0.2, 0) is 0 Å². The number of hydrogen-bond acceptors (Lipinski definition) is 4. The van der Waals surface area contributed by atoms with E-state index in [1.165, 1.54) is 0 Å². The van der Waals surface area contributed by atoms with E-state index in [2.05, 4.69) is 0 Å². The first-order valence-electron chi connectivity index (χ1n) is 13.0. The first-order valence-corrected chi connectivity index (χ1v) is 13.4. The molecule has 3 aliphatic rings. The van der Waals surface area contributed by atoms with Crippen molar-refractivity contribution in [1.29, 1.82) is 0 Å². The average Bonchev–Trinajstić information content (AvgIpc) is 3.40. The van der Waals surface area contributed by atoms with Crippen LogP contribution in [0.25, 0.3) is 6.08 Å². The molecule has 1 aliphatic carbocycles. The van der Waals surface area contributed by atoms with E-state index in [1.807, 2.05) is 84.6 Å². The number of para-hydroxylation sites is 1. The number of anilines is 1. The van der Waals surface area contributed by atoms with Gasteiger partial charge in [-0.3, -0.25) is 14.4 Å². The fraction of sp³-hybridized carbons (Fsp3) is 0.147. The molecule has 0 aromatic heterocycles. The summed E-state index contributed by atoms with van der Waals surface area (Å²) in [6.07, 6.45) is 3.91. The topological polar surface area (TPSA) is 54.5 Å². The van der Waals surface area contributed by atoms with Crippen LogP contribution in [0, 0.1) is 12.3 Å². The number of Topliss-reactive ketones (excluding diaryl/α,β-unsaturated/α-hetero) is 3. The molecule has 5 heteroatoms. The van der Waals surface area contributed by atoms with E-state index in [9.17, 15) is 14.4 Å². The second kappa shape index (κ2) is 8.62. The average molecular weight is 530 g/mol. The number of carbonyl (C=O) groups excluding carboxylic acids is 3. The minimum atomic E-state index is -1.51. The maximum Gasteiger partial charge on any atom is 0.185 e. The van der Waals surface area contributed by atoms with Gasteiger partial charge in [0.2, 0.25) is 0 Å². The molecule has 190 valence electrons. The summed E-state index contributed by atoms with van der Waals surface area (Å²) in [6.45, 7) is 1.98. The van der Waals surface area contributed by atoms with Gasteiger partial charge in [-0.25, -0.2) is 0 Å². The van der Waals surface area contributed by atoms with Gasteiger partial charge in [-0.15, -0.1) is 0 Å². The maximum absolute atomic E-state index is 14.6. The molecule has 0 unspecified atom stereocenters. The number of aryl methyl sites for hydroxylation is 1. The lowest BCUT2D eigenvalue weighted by Crippen LogP contribution is -2.48. The molecule has 4 aromatic rings. The molecule has 4 nitrogen and oxygen atoms in total. The number of rotatable bonds is 3. The normalized spacial score (nSPS) is 22.1. The zero-order valence-electron chi connectivity index (χ0n) is 21.2. The highest BCUT2D eigenvalue weighted by Crippen LogP contribution is 2.61. The number of carbonyl (C=O) groups is 3. The van der Waals surface area contributed by atoms with Crippen LogP contribution in [0.5, 0.6) is 0 Å². The van der Waals surface area contributed by atoms with E-state index in [-0.39, 0.29) is 17.3 Å². The zero-order chi connectivity index (χ0) is 26.9. The van der Waals surface area contributed by atoms with E-state index < -0.39 is 23.4 Å². The summed E-state index contributed by atoms with van der Waals surface area (Å²) < 4.78 is 0. The molecule has 0 bridgehead atoms. The van der Waals surface area contributed by atoms with E-state index in [0.29, 0.717) is 21.7 Å². The summed E-state index contributed by atoms with van der Waals surface area (Å²) in [5.41, 5.74) is 3.42. The molecule has 1 spiro atoms. The number of nitrogens with zero attached hydrogens (tertiary/aromatic N) is 1. The van der Waals surface area contributed by atoms with Crippen molar-refractivity contribution in [3.63, 3.8) is 0 Å². The van der Waals surface area contributed by atoms with Crippen LogP contribution >= 0.6 is 11.6 Å². The summed E-state index contributed by atoms with van der Waals surface area (Å²) in [6, 6.07) is 28.1. The predicted octanol–water partition coefficient (Wildman–Crippen LogP) is 6.96. The highest BCUT2D eigenvalue weighted by molar-refractivity contribution is 6.32. The van der Waals surface area contributed by atoms with E-state index in [4.69, 9.17) is 11.6 Å². The zero-order valence-corrected chi connectivity index (χ0v) is 21.9. The van der Waals surface area contributed by atoms with Crippen LogP contribution in [0.2, 0.25) is 5.02 Å². The maximum atomic E-state index is 14.6. The molecule has 4 aromatic carbocycles. The third-order valence-corrected chi connectivity index (χ3v) is 8.80. The molecule has 0 radical (unpaired) electrons. The Labute approximate surface area is 231 Å². The van der Waals surface area contributed by atoms with Gasteiger partial charge in [0.05, 0.1) is 6.04 Å². The fourth-order valence-corrected chi connectivity index (χ4v) is 6.98. The van der Waals surface area contributed by atoms with Crippen molar-refractivity contribution in [2.45, 2.75) is 24.9 Å². The summed E-state index contributed by atoms with van der Waals surface area (Å²) >= 11 is 6.28. The van der Waals surface area contributed by atoms with E-state index in [1.54, 1.807) is 36.4 Å². The smallest absolute Gasteiger partial charge is 0.185 e. The van der Waals surface area contributed by atoms with Gasteiger partial charge in [0.15, 0.2) is 17.3 Å². The largest absolute Gasteiger partial charge is 0.352 e. The molecule has 1 fully saturated rings. The molecule has 2 aliphatic heterocycles. The van der Waals surface area contributed by atoms with Gasteiger partial charge in [0, 0.05) is 33.3 Å². The summed E-state index contributed by atoms with van der Waals surface area (Å²) in [5.74, 6) is -1.34. The summed E-state index contributed by atoms with van der Waals surface area (Å²) in [7, 11) is 0. The van der Waals surface area contributed by atoms with Gasteiger partial charge in [0.25, 0.3) is 0 Å². The molecule has 0 saturated carbocycles. The first-order chi connectivity index (χ1) is 18.9. The molecule has 2 heterocycles. The van der Waals surface area contributed by atoms with Crippen molar-refractivity contribution in [3.8, 4) is 0 Å². The monoisotopic (exact) mass is 529 g/mol. The lowest BCUT2D eigenvalue weighted by atomic mass is 9.64. The minimum absolute atomic E-state index is 0.126. The number of hydrogen-bond donors (Lipinski definition) is 0. The van der Waals surface area contributed by atoms with Gasteiger partial charge in [-0.1, -0.05) is 108 Å². The van der Waals surface area contributed by atoms with Crippen LogP contribution in [-0.4, -0.2) is 29.4 Å². The molecular formula is C34H24ClNO3. The Kier molecular flexibility index (Phi) is 5.26. The van der Waals surface area contributed by atoms with Gasteiger partial charge >= 0.3 is 0 Å². The van der Waals surface area contributed by atoms with Crippen molar-refractivity contribution in [2.24, 2.45) is 5.41 Å². The second-order valence-electron chi connectivity index (χ2n) is 10.5. The molecule has 0 amide bonds. The van der Waals surface area contributed by atoms with Crippen molar-refractivity contribution in [3.05, 3.63) is 142 Å². The molecule has 3 atom stereocenters. The Bertz CT molecular complexity index is 1670. The number of halogens is 1. The van der Waals surface area contributed by atoms with Gasteiger partial charge < -0.3 is 4.90 Å². The molecule has 39 heavy (non-hydrogen) atoms. The van der Waals surface area contributed by atoms with Crippen LogP contribution in [0.3, 0.4) is 0 Å². The van der Waals surface area contributed by atoms with Crippen LogP contribution < -0.4 is 4.90 Å². The van der Waals surface area contributed by atoms with Gasteiger partial charge in [-0.05, 0) is 36.2 Å². The van der Waals surface area contributed by atoms with Crippen molar-refractivity contribution in [1.82, 2.24) is 0 Å². The third kappa shape index (κ3) is 3.22. The molecule has 1 saturated heterocycles. The number of benzene rings is 4. The molecular weight excluding hydrogens is 506 g/mol. The highest BCUT2D eigenvalue weighted by atomic mass is 35.5. The van der Waals surface area contributed by atoms with Crippen molar-refractivity contribution >= 4 is 40.7 Å². The van der Waals surface area contributed by atoms with Gasteiger partial charge in [-0.2, -0.15) is 0 Å². The summed E-state index contributed by atoms with van der Waals surface area (Å²) in [5, 5.41) is 0.544. The molecule has 7 rings (SSSR count). The Morgan fingerprint density at radius 1 is 0.795 bits per heavy atom. The Morgan fingerprint density at radius 3 is 2.08 bits per heavy atom. The number of fused-ring (bicyclic) bond motifs is 5. The predicted molar refractivity (Wildman–Crippen MR) is 153 cm³/mol. The fourth-order valence-electron chi connectivity index (χ4n) is 6.85. The highest BCUT2D eigenvalue weighted by Gasteiger charge is 2.71. The summed E-state index contributed by atoms with van der Waals surface area (Å²) in [4.78, 5) is 45.8. The standard InChI is InChI=1S/C34H24ClNO3/c1-20-10-12-23(13-11-20)31(37)30-29(22-14-17-24(35)18-15-22)34(32(38)25-7-3-4-8-26(25)33(34)39)28-19-16-21-6-2-5-9-27(21)36(28)30/h2-19,28-30H,1H3/t28-,29+,30-/m0/s1. The Balaban J connectivity index is 1.54. The lowest BCUT2D eigenvalue weighted by Gasteiger charge is -2.37. The van der Waals surface area contributed by atoms with Gasteiger partial charge in [0.1, 0.15) is 11.5 Å². The van der Waals surface area contributed by atoms with Crippen LogP contribution in [0.15, 0.2) is 103 Å². The van der Waals surface area contributed by atoms with Crippen molar-refractivity contribution < 1.29 is 14.4 Å². The van der Waals surface area contributed by atoms with Crippen LogP contribution in [0.1, 0.15) is 53.7 Å². The van der Waals surface area contributed by atoms with Crippen LogP contribution in [0.4, 0.5) is 5.69 Å². The lowest BCUT2D eigenvalue weighted by molar-refractivity contribution is 0.0666. The SMILES string of the molecule is Cc1ccc(C(=O)[C@@H]2[C@@H](c3ccc(Cl)cc3)C3(C(=O)c4ccccc4C3=O)[C@@H]3C=Cc4ccccc4N23)cc1. The second-order valence-corrected chi connectivity index (χ2v) is 11.0. The molecule has 0 N–H and O–H groups in total. The van der Waals surface area contributed by atoms with E-state index in [0.717, 1.165) is 22.4 Å². The third-order valence-electron chi connectivity index (χ3n) is 8.55. The van der Waals surface area contributed by atoms with Crippen molar-refractivity contribution in [2.75, 3.05) is 4.90 Å². The Morgan fingerprint density at radius 2 is 1.41 bits per heavy atom.